The number of rotatable bonds is 4. The Bertz CT molecular complexity index is 549. The highest BCUT2D eigenvalue weighted by Gasteiger charge is 2.25. The minimum Gasteiger partial charge on any atom is -0.338 e. The molecular weight excluding hydrogens is 296 g/mol. The molecule has 134 valence electrons. The zero-order valence-electron chi connectivity index (χ0n) is 15.9. The molecule has 4 nitrogen and oxygen atoms in total. The summed E-state index contributed by atoms with van der Waals surface area (Å²) in [6, 6.07) is 0.533. The van der Waals surface area contributed by atoms with Crippen molar-refractivity contribution in [2.45, 2.75) is 72.3 Å². The van der Waals surface area contributed by atoms with E-state index in [-0.39, 0.29) is 0 Å². The maximum absolute atomic E-state index is 5.03. The van der Waals surface area contributed by atoms with Crippen molar-refractivity contribution in [2.75, 3.05) is 24.5 Å². The van der Waals surface area contributed by atoms with E-state index in [0.717, 1.165) is 43.6 Å². The Morgan fingerprint density at radius 2 is 1.88 bits per heavy atom. The standard InChI is InChI=1S/C20H34N4/c1-14(2)19-13-24(11-10-21-19)20-22-16(4)15(3)18(23-20)12-17-8-6-5-7-9-17/h14,17,19,21H,5-13H2,1-4H3. The first-order valence-corrected chi connectivity index (χ1v) is 9.87. The van der Waals surface area contributed by atoms with Crippen LogP contribution in [0, 0.1) is 25.7 Å². The van der Waals surface area contributed by atoms with Crippen LogP contribution < -0.4 is 10.2 Å². The molecule has 1 aliphatic carbocycles. The quantitative estimate of drug-likeness (QED) is 0.915. The van der Waals surface area contributed by atoms with Gasteiger partial charge in [0.25, 0.3) is 0 Å². The lowest BCUT2D eigenvalue weighted by molar-refractivity contribution is 0.352. The van der Waals surface area contributed by atoms with Crippen LogP contribution in [0.3, 0.4) is 0 Å². The van der Waals surface area contributed by atoms with E-state index in [1.807, 2.05) is 0 Å². The number of nitrogens with zero attached hydrogens (tertiary/aromatic N) is 3. The molecule has 0 radical (unpaired) electrons. The first kappa shape index (κ1) is 17.7. The van der Waals surface area contributed by atoms with Crippen LogP contribution in [-0.2, 0) is 6.42 Å². The van der Waals surface area contributed by atoms with E-state index in [2.05, 4.69) is 37.9 Å². The molecule has 0 spiro atoms. The number of nitrogens with one attached hydrogen (secondary N) is 1. The van der Waals surface area contributed by atoms with Gasteiger partial charge in [0.2, 0.25) is 5.95 Å². The largest absolute Gasteiger partial charge is 0.338 e. The first-order chi connectivity index (χ1) is 11.5. The summed E-state index contributed by atoms with van der Waals surface area (Å²) in [4.78, 5) is 12.2. The molecule has 1 saturated carbocycles. The van der Waals surface area contributed by atoms with Crippen LogP contribution in [0.15, 0.2) is 0 Å². The molecule has 0 aromatic carbocycles. The van der Waals surface area contributed by atoms with E-state index in [4.69, 9.17) is 9.97 Å². The Morgan fingerprint density at radius 3 is 2.58 bits per heavy atom. The lowest BCUT2D eigenvalue weighted by Crippen LogP contribution is -2.53. The van der Waals surface area contributed by atoms with Crippen LogP contribution in [0.2, 0.25) is 0 Å². The average Bonchev–Trinajstić information content (AvgIpc) is 2.59. The van der Waals surface area contributed by atoms with E-state index in [9.17, 15) is 0 Å². The summed E-state index contributed by atoms with van der Waals surface area (Å²) in [5.41, 5.74) is 3.76. The number of hydrogen-bond acceptors (Lipinski definition) is 4. The SMILES string of the molecule is Cc1nc(N2CCNC(C(C)C)C2)nc(CC2CCCCC2)c1C. The highest BCUT2D eigenvalue weighted by molar-refractivity contribution is 5.37. The molecule has 2 heterocycles. The van der Waals surface area contributed by atoms with Gasteiger partial charge in [0, 0.05) is 37.1 Å². The van der Waals surface area contributed by atoms with Crippen molar-refractivity contribution in [2.24, 2.45) is 11.8 Å². The zero-order chi connectivity index (χ0) is 17.1. The van der Waals surface area contributed by atoms with E-state index in [0.29, 0.717) is 12.0 Å². The van der Waals surface area contributed by atoms with Crippen LogP contribution in [0.5, 0.6) is 0 Å². The Hall–Kier alpha value is -1.16. The normalized spacial score (nSPS) is 23.0. The minimum atomic E-state index is 0.533. The molecule has 1 aromatic rings. The Balaban J connectivity index is 1.78. The fraction of sp³-hybridized carbons (Fsp3) is 0.800. The van der Waals surface area contributed by atoms with Gasteiger partial charge in [-0.2, -0.15) is 0 Å². The molecule has 1 N–H and O–H groups in total. The summed E-state index contributed by atoms with van der Waals surface area (Å²) in [5, 5.41) is 3.63. The van der Waals surface area contributed by atoms with Gasteiger partial charge >= 0.3 is 0 Å². The molecule has 2 aliphatic rings. The summed E-state index contributed by atoms with van der Waals surface area (Å²) in [6.07, 6.45) is 8.10. The molecule has 4 heteroatoms. The third kappa shape index (κ3) is 4.08. The fourth-order valence-corrected chi connectivity index (χ4v) is 4.08. The Labute approximate surface area is 147 Å². The van der Waals surface area contributed by atoms with Crippen LogP contribution in [0.1, 0.15) is 62.9 Å². The third-order valence-electron chi connectivity index (χ3n) is 5.98. The second-order valence-electron chi connectivity index (χ2n) is 8.14. The maximum atomic E-state index is 5.03. The lowest BCUT2D eigenvalue weighted by atomic mass is 9.85. The van der Waals surface area contributed by atoms with Gasteiger partial charge < -0.3 is 10.2 Å². The molecule has 0 bridgehead atoms. The van der Waals surface area contributed by atoms with E-state index in [1.165, 1.54) is 43.4 Å². The van der Waals surface area contributed by atoms with Crippen LogP contribution >= 0.6 is 0 Å². The molecule has 1 aromatic heterocycles. The zero-order valence-corrected chi connectivity index (χ0v) is 15.9. The summed E-state index contributed by atoms with van der Waals surface area (Å²) in [6.45, 7) is 12.0. The first-order valence-electron chi connectivity index (χ1n) is 9.87. The smallest absolute Gasteiger partial charge is 0.225 e. The van der Waals surface area contributed by atoms with Crippen LogP contribution in [0.4, 0.5) is 5.95 Å². The second-order valence-corrected chi connectivity index (χ2v) is 8.14. The van der Waals surface area contributed by atoms with Crippen molar-refractivity contribution in [1.29, 1.82) is 0 Å². The molecule has 1 aliphatic heterocycles. The number of anilines is 1. The maximum Gasteiger partial charge on any atom is 0.225 e. The van der Waals surface area contributed by atoms with Crippen molar-refractivity contribution in [3.63, 3.8) is 0 Å². The minimum absolute atomic E-state index is 0.533. The Morgan fingerprint density at radius 1 is 1.12 bits per heavy atom. The van der Waals surface area contributed by atoms with E-state index < -0.39 is 0 Å². The summed E-state index contributed by atoms with van der Waals surface area (Å²) < 4.78 is 0. The second kappa shape index (κ2) is 7.81. The summed E-state index contributed by atoms with van der Waals surface area (Å²) in [7, 11) is 0. The molecule has 2 fully saturated rings. The topological polar surface area (TPSA) is 41.1 Å². The molecule has 1 unspecified atom stereocenters. The molecule has 1 saturated heterocycles. The van der Waals surface area contributed by atoms with Crippen LogP contribution in [0.25, 0.3) is 0 Å². The number of aromatic nitrogens is 2. The summed E-state index contributed by atoms with van der Waals surface area (Å²) in [5.74, 6) is 2.42. The predicted octanol–water partition coefficient (Wildman–Crippen LogP) is 3.65. The van der Waals surface area contributed by atoms with Gasteiger partial charge in [0.05, 0.1) is 0 Å². The number of hydrogen-bond donors (Lipinski definition) is 1. The molecule has 24 heavy (non-hydrogen) atoms. The van der Waals surface area contributed by atoms with Crippen LogP contribution in [-0.4, -0.2) is 35.6 Å². The van der Waals surface area contributed by atoms with Gasteiger partial charge in [-0.1, -0.05) is 46.0 Å². The van der Waals surface area contributed by atoms with Crippen molar-refractivity contribution in [1.82, 2.24) is 15.3 Å². The van der Waals surface area contributed by atoms with Gasteiger partial charge in [-0.3, -0.25) is 0 Å². The van der Waals surface area contributed by atoms with Crippen molar-refractivity contribution < 1.29 is 0 Å². The molecule has 1 atom stereocenters. The summed E-state index contributed by atoms with van der Waals surface area (Å²) >= 11 is 0. The average molecular weight is 331 g/mol. The molecule has 3 rings (SSSR count). The highest BCUT2D eigenvalue weighted by atomic mass is 15.3. The monoisotopic (exact) mass is 330 g/mol. The lowest BCUT2D eigenvalue weighted by Gasteiger charge is -2.36. The van der Waals surface area contributed by atoms with Gasteiger partial charge in [0.15, 0.2) is 0 Å². The highest BCUT2D eigenvalue weighted by Crippen LogP contribution is 2.28. The third-order valence-corrected chi connectivity index (χ3v) is 5.98. The fourth-order valence-electron chi connectivity index (χ4n) is 4.08. The predicted molar refractivity (Wildman–Crippen MR) is 101 cm³/mol. The van der Waals surface area contributed by atoms with Crippen molar-refractivity contribution in [3.8, 4) is 0 Å². The van der Waals surface area contributed by atoms with Gasteiger partial charge in [-0.15, -0.1) is 0 Å². The molecule has 0 amide bonds. The van der Waals surface area contributed by atoms with Gasteiger partial charge in [-0.25, -0.2) is 9.97 Å². The van der Waals surface area contributed by atoms with E-state index in [1.54, 1.807) is 0 Å². The number of aryl methyl sites for hydroxylation is 1. The van der Waals surface area contributed by atoms with Crippen molar-refractivity contribution >= 4 is 5.95 Å². The number of piperazine rings is 1. The van der Waals surface area contributed by atoms with Crippen molar-refractivity contribution in [3.05, 3.63) is 17.0 Å². The van der Waals surface area contributed by atoms with E-state index >= 15 is 0 Å². The van der Waals surface area contributed by atoms with Gasteiger partial charge in [0.1, 0.15) is 0 Å². The van der Waals surface area contributed by atoms with Gasteiger partial charge in [-0.05, 0) is 37.7 Å². The Kier molecular flexibility index (Phi) is 5.75. The molecular formula is C20H34N4.